The first kappa shape index (κ1) is 27.8. The molecule has 9 nitrogen and oxygen atoms in total. The summed E-state index contributed by atoms with van der Waals surface area (Å²) in [5, 5.41) is 0. The Morgan fingerprint density at radius 2 is 1.67 bits per heavy atom. The largest absolute Gasteiger partial charge is 0.448 e. The maximum absolute atomic E-state index is 13.2. The maximum Gasteiger partial charge on any atom is 0.409 e. The SMILES string of the molecule is CN(Cc1cn2c(N3CCN(C(=O)OCC4c5ccccc5-c5ccccc54)CC3)nccc2n1)[C@H]1CCCc2cccnc21. The summed E-state index contributed by atoms with van der Waals surface area (Å²) >= 11 is 0. The number of imidazole rings is 1. The average molecular weight is 600 g/mol. The molecule has 1 saturated heterocycles. The number of piperazine rings is 1. The summed E-state index contributed by atoms with van der Waals surface area (Å²) in [4.78, 5) is 34.0. The first-order valence-corrected chi connectivity index (χ1v) is 16.0. The summed E-state index contributed by atoms with van der Waals surface area (Å²) in [6.45, 7) is 3.57. The van der Waals surface area contributed by atoms with Gasteiger partial charge in [0.25, 0.3) is 0 Å². The van der Waals surface area contributed by atoms with E-state index in [1.165, 1.54) is 39.9 Å². The van der Waals surface area contributed by atoms with Gasteiger partial charge in [0.05, 0.1) is 17.4 Å². The standard InChI is InChI=1S/C36H37N7O2/c1-40(32-14-6-8-25-9-7-16-37-34(25)32)22-26-23-43-33(39-26)15-17-38-35(43)41-18-20-42(21-19-41)36(44)45-24-31-29-12-4-2-10-27(29)28-11-3-5-13-30(28)31/h2-5,7,9-13,15-17,23,31-32H,6,8,14,18-22,24H2,1H3/t32-/m0/s1. The Hall–Kier alpha value is -4.76. The highest BCUT2D eigenvalue weighted by atomic mass is 16.6. The highest BCUT2D eigenvalue weighted by Crippen LogP contribution is 2.44. The molecule has 8 rings (SSSR count). The van der Waals surface area contributed by atoms with Crippen molar-refractivity contribution in [2.45, 2.75) is 37.8 Å². The second-order valence-electron chi connectivity index (χ2n) is 12.4. The number of ether oxygens (including phenoxy) is 1. The van der Waals surface area contributed by atoms with Gasteiger partial charge in [-0.25, -0.2) is 14.8 Å². The topological polar surface area (TPSA) is 79.1 Å². The molecule has 0 bridgehead atoms. The van der Waals surface area contributed by atoms with Crippen molar-refractivity contribution in [2.75, 3.05) is 44.7 Å². The number of anilines is 1. The van der Waals surface area contributed by atoms with Crippen LogP contribution in [-0.2, 0) is 17.7 Å². The van der Waals surface area contributed by atoms with Gasteiger partial charge in [0.15, 0.2) is 0 Å². The van der Waals surface area contributed by atoms with Crippen molar-refractivity contribution in [1.29, 1.82) is 0 Å². The lowest BCUT2D eigenvalue weighted by Gasteiger charge is -2.35. The molecule has 2 aromatic carbocycles. The van der Waals surface area contributed by atoms with Crippen LogP contribution in [0.5, 0.6) is 0 Å². The van der Waals surface area contributed by atoms with Gasteiger partial charge in [-0.05, 0) is 66.3 Å². The van der Waals surface area contributed by atoms with Crippen molar-refractivity contribution in [2.24, 2.45) is 0 Å². The summed E-state index contributed by atoms with van der Waals surface area (Å²) in [5.74, 6) is 0.911. The fraction of sp³-hybridized carbons (Fsp3) is 0.333. The number of carbonyl (C=O) groups excluding carboxylic acids is 1. The van der Waals surface area contributed by atoms with E-state index in [9.17, 15) is 4.79 Å². The molecule has 3 aliphatic rings. The number of hydrogen-bond acceptors (Lipinski definition) is 7. The molecule has 1 fully saturated rings. The van der Waals surface area contributed by atoms with Gasteiger partial charge in [-0.2, -0.15) is 0 Å². The molecule has 4 heterocycles. The minimum Gasteiger partial charge on any atom is -0.448 e. The van der Waals surface area contributed by atoms with Crippen LogP contribution < -0.4 is 4.90 Å². The Bertz CT molecular complexity index is 1820. The van der Waals surface area contributed by atoms with Gasteiger partial charge in [-0.15, -0.1) is 0 Å². The molecule has 9 heteroatoms. The van der Waals surface area contributed by atoms with Crippen LogP contribution >= 0.6 is 0 Å². The van der Waals surface area contributed by atoms with Crippen LogP contribution in [0.4, 0.5) is 10.7 Å². The number of hydrogen-bond donors (Lipinski definition) is 0. The number of aromatic nitrogens is 4. The van der Waals surface area contributed by atoms with E-state index >= 15 is 0 Å². The van der Waals surface area contributed by atoms with E-state index in [-0.39, 0.29) is 12.0 Å². The smallest absolute Gasteiger partial charge is 0.409 e. The molecule has 228 valence electrons. The zero-order valence-corrected chi connectivity index (χ0v) is 25.5. The van der Waals surface area contributed by atoms with Gasteiger partial charge >= 0.3 is 6.09 Å². The van der Waals surface area contributed by atoms with Crippen molar-refractivity contribution >= 4 is 17.7 Å². The van der Waals surface area contributed by atoms with Crippen molar-refractivity contribution in [3.05, 3.63) is 113 Å². The Kier molecular flexibility index (Phi) is 7.18. The monoisotopic (exact) mass is 599 g/mol. The van der Waals surface area contributed by atoms with Crippen LogP contribution in [0.15, 0.2) is 85.3 Å². The fourth-order valence-electron chi connectivity index (χ4n) is 7.42. The quantitative estimate of drug-likeness (QED) is 0.248. The summed E-state index contributed by atoms with van der Waals surface area (Å²) < 4.78 is 8.01. The van der Waals surface area contributed by atoms with Gasteiger partial charge in [-0.3, -0.25) is 14.3 Å². The number of carbonyl (C=O) groups is 1. The van der Waals surface area contributed by atoms with Crippen LogP contribution in [0.3, 0.4) is 0 Å². The number of aryl methyl sites for hydroxylation is 1. The number of fused-ring (bicyclic) bond motifs is 5. The number of nitrogens with zero attached hydrogens (tertiary/aromatic N) is 7. The van der Waals surface area contributed by atoms with Gasteiger partial charge in [0, 0.05) is 57.2 Å². The zero-order chi connectivity index (χ0) is 30.3. The minimum atomic E-state index is -0.255. The van der Waals surface area contributed by atoms with Crippen LogP contribution in [0.25, 0.3) is 16.8 Å². The van der Waals surface area contributed by atoms with Gasteiger partial charge in [0.2, 0.25) is 5.95 Å². The Labute approximate surface area is 263 Å². The summed E-state index contributed by atoms with van der Waals surface area (Å²) in [6, 6.07) is 23.3. The van der Waals surface area contributed by atoms with Crippen LogP contribution in [0.1, 0.15) is 52.9 Å². The van der Waals surface area contributed by atoms with Crippen molar-refractivity contribution < 1.29 is 9.53 Å². The molecular formula is C36H37N7O2. The molecule has 45 heavy (non-hydrogen) atoms. The minimum absolute atomic E-state index is 0.0584. The van der Waals surface area contributed by atoms with Crippen molar-refractivity contribution in [3.63, 3.8) is 0 Å². The summed E-state index contributed by atoms with van der Waals surface area (Å²) in [7, 11) is 2.17. The molecule has 0 saturated carbocycles. The molecule has 1 atom stereocenters. The molecule has 1 amide bonds. The fourth-order valence-corrected chi connectivity index (χ4v) is 7.42. The van der Waals surface area contributed by atoms with E-state index in [0.717, 1.165) is 36.7 Å². The van der Waals surface area contributed by atoms with Crippen LogP contribution in [-0.4, -0.2) is 75.1 Å². The van der Waals surface area contributed by atoms with Crippen molar-refractivity contribution in [3.8, 4) is 11.1 Å². The lowest BCUT2D eigenvalue weighted by molar-refractivity contribution is 0.0975. The lowest BCUT2D eigenvalue weighted by atomic mass is 9.91. The van der Waals surface area contributed by atoms with E-state index in [0.29, 0.717) is 38.8 Å². The number of pyridine rings is 1. The van der Waals surface area contributed by atoms with E-state index in [1.54, 1.807) is 0 Å². The maximum atomic E-state index is 13.2. The molecule has 2 aliphatic carbocycles. The first-order chi connectivity index (χ1) is 22.1. The van der Waals surface area contributed by atoms with Crippen LogP contribution in [0.2, 0.25) is 0 Å². The third-order valence-electron chi connectivity index (χ3n) is 9.68. The van der Waals surface area contributed by atoms with Gasteiger partial charge < -0.3 is 14.5 Å². The molecular weight excluding hydrogens is 562 g/mol. The normalized spacial score (nSPS) is 17.8. The second-order valence-corrected chi connectivity index (χ2v) is 12.4. The van der Waals surface area contributed by atoms with E-state index < -0.39 is 0 Å². The molecule has 0 spiro atoms. The van der Waals surface area contributed by atoms with Gasteiger partial charge in [-0.1, -0.05) is 54.6 Å². The molecule has 0 radical (unpaired) electrons. The first-order valence-electron chi connectivity index (χ1n) is 16.0. The highest BCUT2D eigenvalue weighted by molar-refractivity contribution is 5.79. The van der Waals surface area contributed by atoms with E-state index in [1.807, 2.05) is 29.4 Å². The summed E-state index contributed by atoms with van der Waals surface area (Å²) in [5.41, 5.74) is 9.36. The molecule has 3 aromatic heterocycles. The van der Waals surface area contributed by atoms with Gasteiger partial charge in [0.1, 0.15) is 12.3 Å². The average Bonchev–Trinajstić information content (AvgIpc) is 3.65. The second kappa shape index (κ2) is 11.6. The predicted molar refractivity (Wildman–Crippen MR) is 173 cm³/mol. The molecule has 0 unspecified atom stereocenters. The molecule has 5 aromatic rings. The Morgan fingerprint density at radius 3 is 2.44 bits per heavy atom. The third-order valence-corrected chi connectivity index (χ3v) is 9.68. The lowest BCUT2D eigenvalue weighted by Crippen LogP contribution is -2.49. The molecule has 1 aliphatic heterocycles. The Morgan fingerprint density at radius 1 is 0.911 bits per heavy atom. The highest BCUT2D eigenvalue weighted by Gasteiger charge is 2.31. The van der Waals surface area contributed by atoms with E-state index in [2.05, 4.69) is 82.0 Å². The number of rotatable bonds is 6. The number of amides is 1. The Balaban J connectivity index is 0.912. The van der Waals surface area contributed by atoms with E-state index in [4.69, 9.17) is 19.7 Å². The summed E-state index contributed by atoms with van der Waals surface area (Å²) in [6.07, 6.45) is 8.96. The zero-order valence-electron chi connectivity index (χ0n) is 25.5. The van der Waals surface area contributed by atoms with Crippen LogP contribution in [0, 0.1) is 0 Å². The number of benzene rings is 2. The predicted octanol–water partition coefficient (Wildman–Crippen LogP) is 5.70. The molecule has 0 N–H and O–H groups in total. The van der Waals surface area contributed by atoms with Crippen molar-refractivity contribution in [1.82, 2.24) is 29.2 Å². The third kappa shape index (κ3) is 5.11.